The molecule has 0 spiro atoms. The van der Waals surface area contributed by atoms with Gasteiger partial charge in [-0.1, -0.05) is 36.4 Å². The van der Waals surface area contributed by atoms with Crippen molar-refractivity contribution in [3.05, 3.63) is 78.6 Å². The van der Waals surface area contributed by atoms with Crippen LogP contribution >= 0.6 is 20.2 Å². The maximum absolute atomic E-state index is 4.76. The molecule has 0 aliphatic rings. The summed E-state index contributed by atoms with van der Waals surface area (Å²) in [5, 5.41) is 0. The van der Waals surface area contributed by atoms with Crippen LogP contribution in [0, 0.1) is 0 Å². The van der Waals surface area contributed by atoms with E-state index in [0.29, 0.717) is 11.6 Å². The van der Waals surface area contributed by atoms with E-state index in [1.807, 2.05) is 74.5 Å². The number of aromatic nitrogens is 3. The number of nitrogens with zero attached hydrogens (tertiary/aromatic N) is 5. The Labute approximate surface area is 173 Å². The predicted molar refractivity (Wildman–Crippen MR) is 108 cm³/mol. The Morgan fingerprint density at radius 2 is 1.11 bits per heavy atom. The number of benzene rings is 2. The summed E-state index contributed by atoms with van der Waals surface area (Å²) in [5.74, 6) is 1.10. The van der Waals surface area contributed by atoms with Crippen LogP contribution in [0.15, 0.2) is 77.0 Å². The van der Waals surface area contributed by atoms with E-state index in [9.17, 15) is 0 Å². The topological polar surface area (TPSA) is 63.4 Å². The summed E-state index contributed by atoms with van der Waals surface area (Å²) in [6.07, 6.45) is 1.49. The Morgan fingerprint density at radius 1 is 0.741 bits per heavy atom. The number of rotatable bonds is 4. The van der Waals surface area contributed by atoms with E-state index in [4.69, 9.17) is 20.2 Å². The molecule has 2 aromatic carbocycles. The summed E-state index contributed by atoms with van der Waals surface area (Å²) in [6.45, 7) is 3.77. The molecule has 0 amide bonds. The minimum atomic E-state index is 0.194. The second-order valence-electron chi connectivity index (χ2n) is 5.25. The minimum absolute atomic E-state index is 0.194. The molecule has 0 N–H and O–H groups in total. The summed E-state index contributed by atoms with van der Waals surface area (Å²) in [7, 11) is 9.53. The molecule has 0 saturated carbocycles. The number of hydrogen-bond donors (Lipinski definition) is 0. The molecule has 8 heteroatoms. The first-order chi connectivity index (χ1) is 13.1. The molecule has 0 atom stereocenters. The SMILES string of the molecule is CC(=Nc1ccccc1)c1ncnc(C(C)=Nc2ccccc2)n1.[Cl][Fe][Cl]. The average molecular weight is 442 g/mol. The maximum atomic E-state index is 4.76. The molecule has 27 heavy (non-hydrogen) atoms. The van der Waals surface area contributed by atoms with Gasteiger partial charge in [0.2, 0.25) is 0 Å². The van der Waals surface area contributed by atoms with Crippen molar-refractivity contribution in [2.24, 2.45) is 9.98 Å². The van der Waals surface area contributed by atoms with Crippen molar-refractivity contribution in [3.8, 4) is 0 Å². The summed E-state index contributed by atoms with van der Waals surface area (Å²) in [4.78, 5) is 22.0. The van der Waals surface area contributed by atoms with Crippen molar-refractivity contribution in [1.29, 1.82) is 0 Å². The van der Waals surface area contributed by atoms with Crippen LogP contribution in [-0.2, 0) is 13.1 Å². The van der Waals surface area contributed by atoms with Crippen molar-refractivity contribution < 1.29 is 13.1 Å². The van der Waals surface area contributed by atoms with Crippen LogP contribution in [-0.4, -0.2) is 26.4 Å². The fourth-order valence-electron chi connectivity index (χ4n) is 2.14. The summed E-state index contributed by atoms with van der Waals surface area (Å²) < 4.78 is 0. The molecule has 0 fully saturated rings. The molecule has 0 radical (unpaired) electrons. The second-order valence-corrected chi connectivity index (χ2v) is 7.07. The van der Waals surface area contributed by atoms with Gasteiger partial charge in [-0.3, -0.25) is 0 Å². The first kappa shape index (κ1) is 21.2. The molecule has 5 nitrogen and oxygen atoms in total. The molecule has 0 bridgehead atoms. The van der Waals surface area contributed by atoms with Gasteiger partial charge in [-0.25, -0.2) is 24.9 Å². The van der Waals surface area contributed by atoms with Gasteiger partial charge in [0.15, 0.2) is 11.6 Å². The van der Waals surface area contributed by atoms with Gasteiger partial charge in [-0.2, -0.15) is 0 Å². The van der Waals surface area contributed by atoms with Crippen LogP contribution in [0.1, 0.15) is 25.5 Å². The molecule has 0 unspecified atom stereocenters. The third-order valence-corrected chi connectivity index (χ3v) is 3.33. The Balaban J connectivity index is 0.000000817. The van der Waals surface area contributed by atoms with Gasteiger partial charge >= 0.3 is 33.3 Å². The van der Waals surface area contributed by atoms with E-state index in [1.165, 1.54) is 6.33 Å². The number of para-hydroxylation sites is 2. The zero-order valence-corrected chi connectivity index (χ0v) is 17.3. The average Bonchev–Trinajstić information content (AvgIpc) is 2.70. The summed E-state index contributed by atoms with van der Waals surface area (Å²) >= 11 is 0.194. The number of aliphatic imine (C=N–C) groups is 2. The molecule has 3 aromatic rings. The fraction of sp³-hybridized carbons (Fsp3) is 0.105. The molecule has 1 heterocycles. The quantitative estimate of drug-likeness (QED) is 0.395. The van der Waals surface area contributed by atoms with Gasteiger partial charge in [0, 0.05) is 0 Å². The van der Waals surface area contributed by atoms with Crippen LogP contribution < -0.4 is 0 Å². The molecular weight excluding hydrogens is 425 g/mol. The molecule has 0 saturated heterocycles. The Bertz CT molecular complexity index is 831. The van der Waals surface area contributed by atoms with Crippen molar-refractivity contribution >= 4 is 43.0 Å². The van der Waals surface area contributed by atoms with Gasteiger partial charge in [0.1, 0.15) is 6.33 Å². The van der Waals surface area contributed by atoms with E-state index in [1.54, 1.807) is 0 Å². The van der Waals surface area contributed by atoms with Crippen molar-refractivity contribution in [2.45, 2.75) is 13.8 Å². The third-order valence-electron chi connectivity index (χ3n) is 3.33. The fourth-order valence-corrected chi connectivity index (χ4v) is 2.14. The normalized spacial score (nSPS) is 11.7. The van der Waals surface area contributed by atoms with Crippen molar-refractivity contribution in [3.63, 3.8) is 0 Å². The number of halogens is 2. The monoisotopic (exact) mass is 441 g/mol. The van der Waals surface area contributed by atoms with E-state index in [0.717, 1.165) is 22.8 Å². The standard InChI is InChI=1S/C19H17N5.2ClH.Fe/c1-14(22-16-9-5-3-6-10-16)18-20-13-21-19(24-18)15(2)23-17-11-7-4-8-12-17;;;/h3-13H,1-2H3;2*1H;/q;;;+2/p-2. The first-order valence-corrected chi connectivity index (χ1v) is 10.9. The summed E-state index contributed by atoms with van der Waals surface area (Å²) in [6, 6.07) is 19.5. The Kier molecular flexibility index (Phi) is 9.08. The van der Waals surface area contributed by atoms with Gasteiger partial charge in [0.25, 0.3) is 0 Å². The predicted octanol–water partition coefficient (Wildman–Crippen LogP) is 5.53. The molecule has 3 rings (SSSR count). The van der Waals surface area contributed by atoms with Crippen molar-refractivity contribution in [2.75, 3.05) is 0 Å². The van der Waals surface area contributed by atoms with Gasteiger partial charge in [-0.15, -0.1) is 0 Å². The first-order valence-electron chi connectivity index (χ1n) is 7.89. The zero-order valence-electron chi connectivity index (χ0n) is 14.7. The third kappa shape index (κ3) is 7.19. The zero-order chi connectivity index (χ0) is 19.5. The van der Waals surface area contributed by atoms with Gasteiger partial charge in [-0.05, 0) is 38.1 Å². The van der Waals surface area contributed by atoms with Crippen LogP contribution in [0.25, 0.3) is 0 Å². The molecule has 0 aliphatic heterocycles. The molecular formula is C19H17Cl2FeN5. The van der Waals surface area contributed by atoms with Crippen LogP contribution in [0.3, 0.4) is 0 Å². The summed E-state index contributed by atoms with van der Waals surface area (Å²) in [5.41, 5.74) is 3.20. The van der Waals surface area contributed by atoms with E-state index in [2.05, 4.69) is 24.9 Å². The number of hydrogen-bond acceptors (Lipinski definition) is 5. The molecule has 140 valence electrons. The van der Waals surface area contributed by atoms with Crippen molar-refractivity contribution in [1.82, 2.24) is 15.0 Å². The molecule has 0 aliphatic carbocycles. The Morgan fingerprint density at radius 3 is 1.48 bits per heavy atom. The molecule has 1 aromatic heterocycles. The Hall–Kier alpha value is -2.11. The van der Waals surface area contributed by atoms with Gasteiger partial charge in [0.05, 0.1) is 22.8 Å². The van der Waals surface area contributed by atoms with Crippen LogP contribution in [0.4, 0.5) is 11.4 Å². The van der Waals surface area contributed by atoms with E-state index >= 15 is 0 Å². The van der Waals surface area contributed by atoms with Gasteiger partial charge < -0.3 is 0 Å². The van der Waals surface area contributed by atoms with E-state index < -0.39 is 0 Å². The second kappa shape index (κ2) is 11.6. The van der Waals surface area contributed by atoms with E-state index in [-0.39, 0.29) is 13.1 Å². The van der Waals surface area contributed by atoms with Crippen LogP contribution in [0.5, 0.6) is 0 Å². The van der Waals surface area contributed by atoms with Crippen LogP contribution in [0.2, 0.25) is 0 Å².